The first-order chi connectivity index (χ1) is 13.4. The number of carboxylic acid groups (broad SMARTS) is 1. The molecule has 1 saturated heterocycles. The largest absolute Gasteiger partial charge is 0.479 e. The fraction of sp³-hybridized carbons (Fsp3) is 0.474. The number of carbonyl (C=O) groups is 2. The minimum Gasteiger partial charge on any atom is -0.479 e. The summed E-state index contributed by atoms with van der Waals surface area (Å²) in [5.41, 5.74) is 0.822. The van der Waals surface area contributed by atoms with Gasteiger partial charge in [-0.25, -0.2) is 4.79 Å². The van der Waals surface area contributed by atoms with Gasteiger partial charge in [0.25, 0.3) is 0 Å². The molecule has 0 aliphatic carbocycles. The third-order valence-corrected chi connectivity index (χ3v) is 3.96. The number of aliphatic hydroxyl groups is 2. The second kappa shape index (κ2) is 10.6. The van der Waals surface area contributed by atoms with Crippen LogP contribution in [0.4, 0.5) is 5.69 Å². The standard InChI is InChI=1S/C19H23NO8/c1-2-6-26-7-5-17(23)20-14-8-12(11-21)3-4-15(14)27-18-10-13(22)9-16(28-18)19(24)25/h1,3-4,8,13,16,18,21-22H,5-7,9-11H2,(H,20,23)(H,24,25). The number of hydrogen-bond acceptors (Lipinski definition) is 7. The van der Waals surface area contributed by atoms with Crippen LogP contribution in [0.3, 0.4) is 0 Å². The number of carbonyl (C=O) groups excluding carboxylic acids is 1. The Morgan fingerprint density at radius 1 is 1.36 bits per heavy atom. The average Bonchev–Trinajstić information content (AvgIpc) is 2.66. The highest BCUT2D eigenvalue weighted by Gasteiger charge is 2.34. The van der Waals surface area contributed by atoms with Crippen molar-refractivity contribution in [3.05, 3.63) is 23.8 Å². The molecule has 9 heteroatoms. The number of nitrogens with one attached hydrogen (secondary N) is 1. The quantitative estimate of drug-likeness (QED) is 0.352. The summed E-state index contributed by atoms with van der Waals surface area (Å²) in [5.74, 6) is 0.971. The van der Waals surface area contributed by atoms with Crippen molar-refractivity contribution in [2.75, 3.05) is 18.5 Å². The molecule has 1 aromatic carbocycles. The van der Waals surface area contributed by atoms with Crippen LogP contribution in [0.15, 0.2) is 18.2 Å². The van der Waals surface area contributed by atoms with E-state index in [2.05, 4.69) is 11.2 Å². The first-order valence-corrected chi connectivity index (χ1v) is 8.70. The number of rotatable bonds is 9. The van der Waals surface area contributed by atoms with E-state index in [1.165, 1.54) is 12.1 Å². The van der Waals surface area contributed by atoms with E-state index >= 15 is 0 Å². The van der Waals surface area contributed by atoms with Gasteiger partial charge in [0.05, 0.1) is 31.4 Å². The van der Waals surface area contributed by atoms with Crippen LogP contribution in [0.1, 0.15) is 24.8 Å². The van der Waals surface area contributed by atoms with E-state index in [0.717, 1.165) is 0 Å². The monoisotopic (exact) mass is 393 g/mol. The number of hydrogen-bond donors (Lipinski definition) is 4. The Morgan fingerprint density at radius 3 is 2.82 bits per heavy atom. The van der Waals surface area contributed by atoms with Gasteiger partial charge in [-0.3, -0.25) is 4.79 Å². The first-order valence-electron chi connectivity index (χ1n) is 8.70. The molecule has 9 nitrogen and oxygen atoms in total. The number of ether oxygens (including phenoxy) is 3. The molecule has 0 aromatic heterocycles. The maximum Gasteiger partial charge on any atom is 0.333 e. The van der Waals surface area contributed by atoms with E-state index in [4.69, 9.17) is 25.7 Å². The van der Waals surface area contributed by atoms with Crippen molar-refractivity contribution in [1.29, 1.82) is 0 Å². The zero-order valence-electron chi connectivity index (χ0n) is 15.2. The van der Waals surface area contributed by atoms with Gasteiger partial charge in [0.1, 0.15) is 12.4 Å². The predicted molar refractivity (Wildman–Crippen MR) is 97.4 cm³/mol. The van der Waals surface area contributed by atoms with Crippen molar-refractivity contribution < 1.29 is 39.1 Å². The molecule has 4 N–H and O–H groups in total. The Balaban J connectivity index is 2.07. The van der Waals surface area contributed by atoms with Gasteiger partial charge in [0.2, 0.25) is 12.2 Å². The molecule has 1 amide bonds. The zero-order valence-corrected chi connectivity index (χ0v) is 15.2. The van der Waals surface area contributed by atoms with Crippen LogP contribution < -0.4 is 10.1 Å². The van der Waals surface area contributed by atoms with Gasteiger partial charge < -0.3 is 34.8 Å². The molecule has 1 aliphatic rings. The summed E-state index contributed by atoms with van der Waals surface area (Å²) in [7, 11) is 0. The summed E-state index contributed by atoms with van der Waals surface area (Å²) >= 11 is 0. The minimum absolute atomic E-state index is 0.0279. The second-order valence-corrected chi connectivity index (χ2v) is 6.18. The van der Waals surface area contributed by atoms with E-state index in [1.807, 2.05) is 0 Å². The average molecular weight is 393 g/mol. The molecule has 0 bridgehead atoms. The molecule has 28 heavy (non-hydrogen) atoms. The lowest BCUT2D eigenvalue weighted by molar-refractivity contribution is -0.195. The molecule has 3 atom stereocenters. The summed E-state index contributed by atoms with van der Waals surface area (Å²) in [4.78, 5) is 23.2. The summed E-state index contributed by atoms with van der Waals surface area (Å²) in [6.45, 7) is 0.00598. The van der Waals surface area contributed by atoms with E-state index in [1.54, 1.807) is 6.07 Å². The molecule has 1 aliphatic heterocycles. The summed E-state index contributed by atoms with van der Waals surface area (Å²) in [6, 6.07) is 4.65. The normalized spacial score (nSPS) is 21.5. The Morgan fingerprint density at radius 2 is 2.14 bits per heavy atom. The van der Waals surface area contributed by atoms with Crippen LogP contribution in [0, 0.1) is 12.3 Å². The lowest BCUT2D eigenvalue weighted by atomic mass is 10.1. The van der Waals surface area contributed by atoms with Crippen LogP contribution in [-0.2, 0) is 25.7 Å². The van der Waals surface area contributed by atoms with Gasteiger partial charge in [0.15, 0.2) is 6.10 Å². The van der Waals surface area contributed by atoms with Gasteiger partial charge in [-0.1, -0.05) is 12.0 Å². The van der Waals surface area contributed by atoms with Crippen LogP contribution in [0.25, 0.3) is 0 Å². The van der Waals surface area contributed by atoms with E-state index in [0.29, 0.717) is 5.56 Å². The second-order valence-electron chi connectivity index (χ2n) is 6.18. The van der Waals surface area contributed by atoms with E-state index in [9.17, 15) is 19.8 Å². The third-order valence-electron chi connectivity index (χ3n) is 3.96. The number of terminal acetylenes is 1. The molecule has 0 radical (unpaired) electrons. The Kier molecular flexibility index (Phi) is 8.22. The van der Waals surface area contributed by atoms with E-state index in [-0.39, 0.29) is 56.4 Å². The van der Waals surface area contributed by atoms with Gasteiger partial charge in [-0.05, 0) is 17.7 Å². The molecular formula is C19H23NO8. The molecule has 3 unspecified atom stereocenters. The molecule has 152 valence electrons. The molecule has 1 fully saturated rings. The number of benzene rings is 1. The SMILES string of the molecule is C#CCOCCC(=O)Nc1cc(CO)ccc1OC1CC(O)CC(C(=O)O)O1. The lowest BCUT2D eigenvalue weighted by Crippen LogP contribution is -2.42. The smallest absolute Gasteiger partial charge is 0.333 e. The van der Waals surface area contributed by atoms with Crippen LogP contribution in [-0.4, -0.2) is 58.9 Å². The van der Waals surface area contributed by atoms with Gasteiger partial charge >= 0.3 is 5.97 Å². The number of carboxylic acids is 1. The van der Waals surface area contributed by atoms with Crippen molar-refractivity contribution in [1.82, 2.24) is 0 Å². The number of aliphatic hydroxyl groups excluding tert-OH is 2. The maximum absolute atomic E-state index is 12.1. The number of amides is 1. The van der Waals surface area contributed by atoms with Crippen molar-refractivity contribution in [3.8, 4) is 18.1 Å². The molecular weight excluding hydrogens is 370 g/mol. The van der Waals surface area contributed by atoms with Crippen molar-refractivity contribution in [2.24, 2.45) is 0 Å². The Labute approximate surface area is 162 Å². The van der Waals surface area contributed by atoms with Crippen molar-refractivity contribution in [2.45, 2.75) is 44.4 Å². The Hall–Kier alpha value is -2.64. The number of aliphatic carboxylic acids is 1. The van der Waals surface area contributed by atoms with Gasteiger partial charge in [0, 0.05) is 12.8 Å². The maximum atomic E-state index is 12.1. The molecule has 0 saturated carbocycles. The van der Waals surface area contributed by atoms with Crippen LogP contribution >= 0.6 is 0 Å². The van der Waals surface area contributed by atoms with Crippen LogP contribution in [0.5, 0.6) is 5.75 Å². The molecule has 1 aromatic rings. The Bertz CT molecular complexity index is 729. The summed E-state index contributed by atoms with van der Waals surface area (Å²) in [6.07, 6.45) is 2.11. The first kappa shape index (κ1) is 21.7. The van der Waals surface area contributed by atoms with Gasteiger partial charge in [-0.15, -0.1) is 6.42 Å². The highest BCUT2D eigenvalue weighted by atomic mass is 16.7. The molecule has 1 heterocycles. The van der Waals surface area contributed by atoms with Crippen molar-refractivity contribution >= 4 is 17.6 Å². The lowest BCUT2D eigenvalue weighted by Gasteiger charge is -2.31. The molecule has 2 rings (SSSR count). The van der Waals surface area contributed by atoms with E-state index < -0.39 is 24.5 Å². The highest BCUT2D eigenvalue weighted by Crippen LogP contribution is 2.30. The molecule has 0 spiro atoms. The fourth-order valence-corrected chi connectivity index (χ4v) is 2.62. The van der Waals surface area contributed by atoms with Crippen molar-refractivity contribution in [3.63, 3.8) is 0 Å². The topological polar surface area (TPSA) is 135 Å². The number of anilines is 1. The zero-order chi connectivity index (χ0) is 20.5. The van der Waals surface area contributed by atoms with Gasteiger partial charge in [-0.2, -0.15) is 0 Å². The summed E-state index contributed by atoms with van der Waals surface area (Å²) in [5, 5.41) is 30.9. The highest BCUT2D eigenvalue weighted by molar-refractivity contribution is 5.92. The minimum atomic E-state index is -1.19. The van der Waals surface area contributed by atoms with Crippen LogP contribution in [0.2, 0.25) is 0 Å². The third kappa shape index (κ3) is 6.51. The summed E-state index contributed by atoms with van der Waals surface area (Å²) < 4.78 is 16.1. The predicted octanol–water partition coefficient (Wildman–Crippen LogP) is 0.487. The fourth-order valence-electron chi connectivity index (χ4n) is 2.62.